The lowest BCUT2D eigenvalue weighted by Gasteiger charge is -2.49. The van der Waals surface area contributed by atoms with Gasteiger partial charge in [0.1, 0.15) is 25.1 Å². The minimum atomic E-state index is -1.24. The number of aliphatic hydroxyl groups is 4. The van der Waals surface area contributed by atoms with Crippen molar-refractivity contribution >= 4 is 0 Å². The van der Waals surface area contributed by atoms with Crippen molar-refractivity contribution in [1.82, 2.24) is 16.0 Å². The molecular formula is C23H37F2N3O7. The van der Waals surface area contributed by atoms with Crippen LogP contribution >= 0.6 is 0 Å². The van der Waals surface area contributed by atoms with Gasteiger partial charge in [-0.15, -0.1) is 0 Å². The Morgan fingerprint density at radius 1 is 1.06 bits per heavy atom. The van der Waals surface area contributed by atoms with E-state index in [0.29, 0.717) is 12.0 Å². The number of benzene rings is 1. The Balaban J connectivity index is 1.68. The standard InChI is InChI=1S/C23H37F2N3O7/c1-12-7-23(32,10-28-9-13-4-5-14(24)15(25)6-13)8-16(34-12)35-22-20(31)17(26-2)19(30)18(27-3)21(22)33-11-29/h4-6,12,16-22,26-32H,7-11H2,1-3H3/t12-,16+,17-,18+,19+,20+,21-,22?,23+/m1/s1. The van der Waals surface area contributed by atoms with E-state index in [1.54, 1.807) is 21.0 Å². The van der Waals surface area contributed by atoms with Crippen LogP contribution in [0.4, 0.5) is 8.78 Å². The molecule has 2 aliphatic rings. The van der Waals surface area contributed by atoms with Crippen LogP contribution in [0, 0.1) is 11.6 Å². The zero-order chi connectivity index (χ0) is 25.8. The Morgan fingerprint density at radius 2 is 1.77 bits per heavy atom. The quantitative estimate of drug-likeness (QED) is 0.197. The van der Waals surface area contributed by atoms with Gasteiger partial charge in [0.05, 0.1) is 29.9 Å². The van der Waals surface area contributed by atoms with Crippen LogP contribution in [0.1, 0.15) is 25.3 Å². The van der Waals surface area contributed by atoms with Crippen molar-refractivity contribution in [1.29, 1.82) is 0 Å². The summed E-state index contributed by atoms with van der Waals surface area (Å²) in [4.78, 5) is 0. The number of ether oxygens (including phenoxy) is 3. The minimum absolute atomic E-state index is 0.0637. The summed E-state index contributed by atoms with van der Waals surface area (Å²) in [5.41, 5.74) is -0.706. The molecule has 9 atom stereocenters. The lowest BCUT2D eigenvalue weighted by molar-refractivity contribution is -0.293. The van der Waals surface area contributed by atoms with Gasteiger partial charge in [-0.1, -0.05) is 6.07 Å². The average molecular weight is 506 g/mol. The second kappa shape index (κ2) is 12.3. The number of likely N-dealkylation sites (N-methyl/N-ethyl adjacent to an activating group) is 2. The molecule has 1 unspecified atom stereocenters. The maximum Gasteiger partial charge on any atom is 0.161 e. The summed E-state index contributed by atoms with van der Waals surface area (Å²) in [6.45, 7) is 1.50. The van der Waals surface area contributed by atoms with Crippen LogP contribution < -0.4 is 16.0 Å². The maximum absolute atomic E-state index is 13.5. The van der Waals surface area contributed by atoms with E-state index in [9.17, 15) is 29.2 Å². The van der Waals surface area contributed by atoms with E-state index in [1.807, 2.05) is 0 Å². The summed E-state index contributed by atoms with van der Waals surface area (Å²) in [5, 5.41) is 51.1. The van der Waals surface area contributed by atoms with Gasteiger partial charge < -0.3 is 50.6 Å². The van der Waals surface area contributed by atoms with Crippen molar-refractivity contribution in [2.24, 2.45) is 0 Å². The molecule has 1 heterocycles. The predicted molar refractivity (Wildman–Crippen MR) is 121 cm³/mol. The molecule has 35 heavy (non-hydrogen) atoms. The van der Waals surface area contributed by atoms with Crippen molar-refractivity contribution < 1.29 is 43.4 Å². The molecule has 10 nitrogen and oxygen atoms in total. The van der Waals surface area contributed by atoms with Gasteiger partial charge >= 0.3 is 0 Å². The molecule has 0 radical (unpaired) electrons. The zero-order valence-electron chi connectivity index (χ0n) is 20.2. The first kappa shape index (κ1) is 28.3. The summed E-state index contributed by atoms with van der Waals surface area (Å²) >= 11 is 0. The molecular weight excluding hydrogens is 468 g/mol. The highest BCUT2D eigenvalue weighted by Gasteiger charge is 2.52. The van der Waals surface area contributed by atoms with E-state index < -0.39 is 66.8 Å². The van der Waals surface area contributed by atoms with Crippen molar-refractivity contribution in [3.63, 3.8) is 0 Å². The number of hydrogen-bond donors (Lipinski definition) is 7. The number of nitrogens with one attached hydrogen (secondary N) is 3. The maximum atomic E-state index is 13.5. The van der Waals surface area contributed by atoms with Crippen molar-refractivity contribution in [2.75, 3.05) is 27.4 Å². The fourth-order valence-corrected chi connectivity index (χ4v) is 5.11. The van der Waals surface area contributed by atoms with Crippen LogP contribution in [0.3, 0.4) is 0 Å². The average Bonchev–Trinajstić information content (AvgIpc) is 2.79. The number of aliphatic hydroxyl groups excluding tert-OH is 3. The van der Waals surface area contributed by atoms with Crippen molar-refractivity contribution in [3.05, 3.63) is 35.4 Å². The van der Waals surface area contributed by atoms with E-state index in [2.05, 4.69) is 16.0 Å². The third-order valence-electron chi connectivity index (χ3n) is 6.73. The Kier molecular flexibility index (Phi) is 9.91. The van der Waals surface area contributed by atoms with Crippen LogP contribution in [0.2, 0.25) is 0 Å². The van der Waals surface area contributed by atoms with Gasteiger partial charge in [-0.25, -0.2) is 8.78 Å². The Hall–Kier alpha value is -1.32. The lowest BCUT2D eigenvalue weighted by Crippen LogP contribution is -2.71. The molecule has 12 heteroatoms. The molecule has 1 aromatic carbocycles. The van der Waals surface area contributed by atoms with Gasteiger partial charge in [0.15, 0.2) is 17.9 Å². The highest BCUT2D eigenvalue weighted by molar-refractivity contribution is 5.17. The molecule has 3 rings (SSSR count). The van der Waals surface area contributed by atoms with Crippen molar-refractivity contribution in [3.8, 4) is 0 Å². The highest BCUT2D eigenvalue weighted by atomic mass is 19.2. The topological polar surface area (TPSA) is 145 Å². The minimum Gasteiger partial charge on any atom is -0.390 e. The van der Waals surface area contributed by atoms with Gasteiger partial charge in [0, 0.05) is 25.9 Å². The largest absolute Gasteiger partial charge is 0.390 e. The molecule has 7 N–H and O–H groups in total. The molecule has 1 aliphatic heterocycles. The van der Waals surface area contributed by atoms with Crippen LogP contribution in [-0.4, -0.2) is 102 Å². The first-order valence-electron chi connectivity index (χ1n) is 11.7. The first-order chi connectivity index (χ1) is 16.6. The zero-order valence-corrected chi connectivity index (χ0v) is 20.2. The smallest absolute Gasteiger partial charge is 0.161 e. The summed E-state index contributed by atoms with van der Waals surface area (Å²) < 4.78 is 44.0. The molecule has 200 valence electrons. The van der Waals surface area contributed by atoms with Crippen LogP contribution in [0.5, 0.6) is 0 Å². The van der Waals surface area contributed by atoms with Crippen molar-refractivity contribution in [2.45, 2.75) is 80.8 Å². The molecule has 2 fully saturated rings. The monoisotopic (exact) mass is 505 g/mol. The Morgan fingerprint density at radius 3 is 2.40 bits per heavy atom. The van der Waals surface area contributed by atoms with Gasteiger partial charge in [0.2, 0.25) is 0 Å². The molecule has 1 saturated heterocycles. The molecule has 0 amide bonds. The van der Waals surface area contributed by atoms with Gasteiger partial charge in [-0.05, 0) is 38.7 Å². The van der Waals surface area contributed by atoms with Gasteiger partial charge in [0.25, 0.3) is 0 Å². The number of hydrogen-bond acceptors (Lipinski definition) is 10. The fourth-order valence-electron chi connectivity index (χ4n) is 5.11. The fraction of sp³-hybridized carbons (Fsp3) is 0.739. The highest BCUT2D eigenvalue weighted by Crippen LogP contribution is 2.33. The molecule has 0 spiro atoms. The van der Waals surface area contributed by atoms with E-state index in [-0.39, 0.29) is 25.6 Å². The SMILES string of the molecule is CN[C@@H]1[C@H](O)[C@H](NC)[C@@H](OCO)C(O[C@H]2C[C@](O)(CNCc3ccc(F)c(F)c3)C[C@@H](C)O2)[C@H]1O. The predicted octanol–water partition coefficient (Wildman–Crippen LogP) is -1.06. The summed E-state index contributed by atoms with van der Waals surface area (Å²) in [6, 6.07) is 2.21. The van der Waals surface area contributed by atoms with E-state index in [4.69, 9.17) is 14.2 Å². The summed E-state index contributed by atoms with van der Waals surface area (Å²) in [5.74, 6) is -1.86. The van der Waals surface area contributed by atoms with Crippen LogP contribution in [-0.2, 0) is 20.8 Å². The number of rotatable bonds is 10. The van der Waals surface area contributed by atoms with Gasteiger partial charge in [-0.3, -0.25) is 0 Å². The second-order valence-corrected chi connectivity index (χ2v) is 9.33. The molecule has 1 saturated carbocycles. The van der Waals surface area contributed by atoms with E-state index >= 15 is 0 Å². The third kappa shape index (κ3) is 6.72. The Labute approximate surface area is 203 Å². The van der Waals surface area contributed by atoms with E-state index in [0.717, 1.165) is 12.1 Å². The summed E-state index contributed by atoms with van der Waals surface area (Å²) in [7, 11) is 3.23. The normalized spacial score (nSPS) is 38.0. The molecule has 1 aromatic rings. The number of halogens is 2. The van der Waals surface area contributed by atoms with E-state index in [1.165, 1.54) is 6.07 Å². The molecule has 1 aliphatic carbocycles. The Bertz CT molecular complexity index is 825. The first-order valence-corrected chi connectivity index (χ1v) is 11.7. The lowest BCUT2D eigenvalue weighted by atomic mass is 9.81. The second-order valence-electron chi connectivity index (χ2n) is 9.33. The van der Waals surface area contributed by atoms with Crippen LogP contribution in [0.25, 0.3) is 0 Å². The van der Waals surface area contributed by atoms with Crippen LogP contribution in [0.15, 0.2) is 18.2 Å². The summed E-state index contributed by atoms with van der Waals surface area (Å²) in [6.07, 6.45) is -5.05. The van der Waals surface area contributed by atoms with Gasteiger partial charge in [-0.2, -0.15) is 0 Å². The third-order valence-corrected chi connectivity index (χ3v) is 6.73. The molecule has 0 aromatic heterocycles. The molecule has 0 bridgehead atoms.